The van der Waals surface area contributed by atoms with Gasteiger partial charge in [-0.2, -0.15) is 0 Å². The van der Waals surface area contributed by atoms with Gasteiger partial charge in [-0.3, -0.25) is 4.79 Å². The number of nitrogens with zero attached hydrogens (tertiary/aromatic N) is 2. The van der Waals surface area contributed by atoms with Gasteiger partial charge in [0.05, 0.1) is 0 Å². The number of nitrogens with one attached hydrogen (secondary N) is 2. The molecule has 2 N–H and O–H groups in total. The topological polar surface area (TPSA) is 66.9 Å². The molecule has 0 aliphatic carbocycles. The second-order valence-electron chi connectivity index (χ2n) is 7.72. The van der Waals surface area contributed by atoms with Crippen molar-refractivity contribution in [3.8, 4) is 0 Å². The van der Waals surface area contributed by atoms with Crippen LogP contribution in [0.4, 0.5) is 26.1 Å². The number of anilines is 3. The third kappa shape index (κ3) is 4.93. The van der Waals surface area contributed by atoms with Crippen molar-refractivity contribution in [3.63, 3.8) is 0 Å². The molecule has 29 heavy (non-hydrogen) atoms. The van der Waals surface area contributed by atoms with Crippen molar-refractivity contribution in [2.75, 3.05) is 10.6 Å². The van der Waals surface area contributed by atoms with Crippen LogP contribution < -0.4 is 10.6 Å². The van der Waals surface area contributed by atoms with Crippen LogP contribution in [-0.2, 0) is 5.41 Å². The Hall–Kier alpha value is -3.35. The van der Waals surface area contributed by atoms with Crippen molar-refractivity contribution in [2.45, 2.75) is 33.1 Å². The van der Waals surface area contributed by atoms with Crippen LogP contribution in [0.1, 0.15) is 42.5 Å². The van der Waals surface area contributed by atoms with Gasteiger partial charge in [0.1, 0.15) is 23.0 Å². The molecule has 5 nitrogen and oxygen atoms in total. The van der Waals surface area contributed by atoms with E-state index in [1.807, 2.05) is 24.3 Å². The van der Waals surface area contributed by atoms with E-state index in [-0.39, 0.29) is 22.7 Å². The van der Waals surface area contributed by atoms with Gasteiger partial charge in [-0.25, -0.2) is 18.7 Å². The van der Waals surface area contributed by atoms with Crippen LogP contribution in [0.25, 0.3) is 0 Å². The molecule has 1 heterocycles. The van der Waals surface area contributed by atoms with Crippen LogP contribution in [0.15, 0.2) is 48.5 Å². The molecule has 0 radical (unpaired) electrons. The summed E-state index contributed by atoms with van der Waals surface area (Å²) in [5, 5.41) is 5.29. The minimum absolute atomic E-state index is 0.00879. The van der Waals surface area contributed by atoms with Crippen LogP contribution >= 0.6 is 0 Å². The van der Waals surface area contributed by atoms with E-state index in [1.54, 1.807) is 6.92 Å². The normalized spacial score (nSPS) is 11.2. The highest BCUT2D eigenvalue weighted by molar-refractivity contribution is 6.03. The summed E-state index contributed by atoms with van der Waals surface area (Å²) in [6.07, 6.45) is 0. The third-order valence-electron chi connectivity index (χ3n) is 4.30. The molecule has 0 unspecified atom stereocenters. The highest BCUT2D eigenvalue weighted by Gasteiger charge is 2.16. The van der Waals surface area contributed by atoms with E-state index in [0.717, 1.165) is 17.7 Å². The first-order chi connectivity index (χ1) is 13.6. The largest absolute Gasteiger partial charge is 0.321 e. The van der Waals surface area contributed by atoms with E-state index in [4.69, 9.17) is 0 Å². The molecule has 0 bridgehead atoms. The molecule has 7 heteroatoms. The van der Waals surface area contributed by atoms with Crippen LogP contribution in [0.5, 0.6) is 0 Å². The first-order valence-corrected chi connectivity index (χ1v) is 9.12. The van der Waals surface area contributed by atoms with Gasteiger partial charge in [0.2, 0.25) is 5.95 Å². The summed E-state index contributed by atoms with van der Waals surface area (Å²) in [7, 11) is 0. The van der Waals surface area contributed by atoms with Crippen molar-refractivity contribution in [2.24, 2.45) is 0 Å². The summed E-state index contributed by atoms with van der Waals surface area (Å²) in [6, 6.07) is 12.6. The molecule has 0 aliphatic rings. The van der Waals surface area contributed by atoms with Crippen molar-refractivity contribution < 1.29 is 13.6 Å². The number of amides is 1. The predicted octanol–water partition coefficient (Wildman–Crippen LogP) is 5.36. The Kier molecular flexibility index (Phi) is 5.59. The zero-order valence-electron chi connectivity index (χ0n) is 16.7. The van der Waals surface area contributed by atoms with Gasteiger partial charge in [-0.15, -0.1) is 0 Å². The maximum atomic E-state index is 13.9. The standard InChI is InChI=1S/C22H22F2N4O/c1-13-12-18(20(29)26-15-10-8-14(9-11-15)22(2,3)4)27-21(25-13)28-19-16(23)6-5-7-17(19)24/h5-12H,1-4H3,(H,26,29)(H,25,27,28). The van der Waals surface area contributed by atoms with E-state index in [2.05, 4.69) is 41.4 Å². The number of carbonyl (C=O) groups is 1. The van der Waals surface area contributed by atoms with Crippen LogP contribution in [-0.4, -0.2) is 15.9 Å². The van der Waals surface area contributed by atoms with E-state index in [9.17, 15) is 13.6 Å². The molecule has 2 aromatic carbocycles. The monoisotopic (exact) mass is 396 g/mol. The number of para-hydroxylation sites is 1. The molecular formula is C22H22F2N4O. The van der Waals surface area contributed by atoms with E-state index in [1.165, 1.54) is 12.1 Å². The van der Waals surface area contributed by atoms with Gasteiger partial charge < -0.3 is 10.6 Å². The van der Waals surface area contributed by atoms with Gasteiger partial charge in [0.15, 0.2) is 0 Å². The molecule has 0 saturated carbocycles. The second-order valence-corrected chi connectivity index (χ2v) is 7.72. The van der Waals surface area contributed by atoms with Gasteiger partial charge in [0, 0.05) is 11.4 Å². The Balaban J connectivity index is 1.81. The number of halogens is 2. The summed E-state index contributed by atoms with van der Waals surface area (Å²) in [5.41, 5.74) is 1.96. The van der Waals surface area contributed by atoms with Crippen LogP contribution in [0, 0.1) is 18.6 Å². The first-order valence-electron chi connectivity index (χ1n) is 9.12. The third-order valence-corrected chi connectivity index (χ3v) is 4.30. The van der Waals surface area contributed by atoms with E-state index in [0.29, 0.717) is 11.4 Å². The number of benzene rings is 2. The number of hydrogen-bond donors (Lipinski definition) is 2. The van der Waals surface area contributed by atoms with E-state index < -0.39 is 17.5 Å². The minimum Gasteiger partial charge on any atom is -0.321 e. The lowest BCUT2D eigenvalue weighted by Crippen LogP contribution is -2.16. The van der Waals surface area contributed by atoms with Gasteiger partial charge in [-0.1, -0.05) is 39.0 Å². The second kappa shape index (κ2) is 7.95. The van der Waals surface area contributed by atoms with Gasteiger partial charge in [-0.05, 0) is 48.2 Å². The van der Waals surface area contributed by atoms with Gasteiger partial charge in [0.25, 0.3) is 5.91 Å². The Labute approximate surface area is 168 Å². The maximum absolute atomic E-state index is 13.9. The maximum Gasteiger partial charge on any atom is 0.274 e. The summed E-state index contributed by atoms with van der Waals surface area (Å²) >= 11 is 0. The zero-order valence-corrected chi connectivity index (χ0v) is 16.7. The Morgan fingerprint density at radius 1 is 0.966 bits per heavy atom. The average molecular weight is 396 g/mol. The van der Waals surface area contributed by atoms with Crippen molar-refractivity contribution in [1.82, 2.24) is 9.97 Å². The Morgan fingerprint density at radius 2 is 1.59 bits per heavy atom. The lowest BCUT2D eigenvalue weighted by molar-refractivity contribution is 0.102. The average Bonchev–Trinajstić information content (AvgIpc) is 2.64. The fourth-order valence-electron chi connectivity index (χ4n) is 2.72. The quantitative estimate of drug-likeness (QED) is 0.623. The number of aromatic nitrogens is 2. The number of hydrogen-bond acceptors (Lipinski definition) is 4. The van der Waals surface area contributed by atoms with Gasteiger partial charge >= 0.3 is 0 Å². The number of rotatable bonds is 4. The first kappa shape index (κ1) is 20.4. The summed E-state index contributed by atoms with van der Waals surface area (Å²) in [4.78, 5) is 20.8. The minimum atomic E-state index is -0.778. The molecule has 0 aliphatic heterocycles. The van der Waals surface area contributed by atoms with Crippen LogP contribution in [0.2, 0.25) is 0 Å². The van der Waals surface area contributed by atoms with Crippen molar-refractivity contribution >= 4 is 23.2 Å². The molecule has 3 aromatic rings. The highest BCUT2D eigenvalue weighted by atomic mass is 19.1. The predicted molar refractivity (Wildman–Crippen MR) is 110 cm³/mol. The van der Waals surface area contributed by atoms with Crippen molar-refractivity contribution in [3.05, 3.63) is 77.1 Å². The molecule has 0 saturated heterocycles. The van der Waals surface area contributed by atoms with E-state index >= 15 is 0 Å². The highest BCUT2D eigenvalue weighted by Crippen LogP contribution is 2.24. The molecule has 1 amide bonds. The smallest absolute Gasteiger partial charge is 0.274 e. The lowest BCUT2D eigenvalue weighted by Gasteiger charge is -2.19. The Bertz CT molecular complexity index is 1020. The SMILES string of the molecule is Cc1cc(C(=O)Nc2ccc(C(C)(C)C)cc2)nc(Nc2c(F)cccc2F)n1. The zero-order chi connectivity index (χ0) is 21.2. The molecule has 1 aromatic heterocycles. The summed E-state index contributed by atoms with van der Waals surface area (Å²) in [6.45, 7) is 7.99. The number of carbonyl (C=O) groups excluding carboxylic acids is 1. The summed E-state index contributed by atoms with van der Waals surface area (Å²) < 4.78 is 27.7. The molecular weight excluding hydrogens is 374 g/mol. The fourth-order valence-corrected chi connectivity index (χ4v) is 2.72. The summed E-state index contributed by atoms with van der Waals surface area (Å²) in [5.74, 6) is -2.07. The Morgan fingerprint density at radius 3 is 2.17 bits per heavy atom. The number of aryl methyl sites for hydroxylation is 1. The molecule has 0 atom stereocenters. The molecule has 150 valence electrons. The molecule has 0 spiro atoms. The molecule has 0 fully saturated rings. The van der Waals surface area contributed by atoms with Crippen molar-refractivity contribution in [1.29, 1.82) is 0 Å². The lowest BCUT2D eigenvalue weighted by atomic mass is 9.87. The fraction of sp³-hybridized carbons (Fsp3) is 0.227. The van der Waals surface area contributed by atoms with Crippen LogP contribution in [0.3, 0.4) is 0 Å². The molecule has 3 rings (SSSR count).